The smallest absolute Gasteiger partial charge is 0.490 e. The highest BCUT2D eigenvalue weighted by atomic mass is 32.2. The van der Waals surface area contributed by atoms with Crippen LogP contribution in [0.25, 0.3) is 0 Å². The highest BCUT2D eigenvalue weighted by Gasteiger charge is 2.38. The van der Waals surface area contributed by atoms with E-state index in [0.29, 0.717) is 6.79 Å². The summed E-state index contributed by atoms with van der Waals surface area (Å²) in [5.41, 5.74) is 1.17. The van der Waals surface area contributed by atoms with Crippen LogP contribution in [0, 0.1) is 0 Å². The van der Waals surface area contributed by atoms with Crippen LogP contribution in [0.5, 0.6) is 11.5 Å². The average molecular weight is 517 g/mol. The van der Waals surface area contributed by atoms with Crippen molar-refractivity contribution in [1.29, 1.82) is 0 Å². The predicted octanol–water partition coefficient (Wildman–Crippen LogP) is 5.08. The summed E-state index contributed by atoms with van der Waals surface area (Å²) in [4.78, 5) is 8.90. The molecule has 1 N–H and O–H groups in total. The number of halogens is 3. The number of hydrogen-bond donors (Lipinski definition) is 1. The minimum atomic E-state index is -5.08. The van der Waals surface area contributed by atoms with Crippen molar-refractivity contribution >= 4 is 28.3 Å². The van der Waals surface area contributed by atoms with Crippen molar-refractivity contribution < 1.29 is 41.7 Å². The van der Waals surface area contributed by atoms with Crippen molar-refractivity contribution in [2.24, 2.45) is 0 Å². The third-order valence-electron chi connectivity index (χ3n) is 4.35. The lowest BCUT2D eigenvalue weighted by Gasteiger charge is -2.18. The molecule has 6 nitrogen and oxygen atoms in total. The lowest BCUT2D eigenvalue weighted by Crippen LogP contribution is -2.23. The van der Waals surface area contributed by atoms with Crippen molar-refractivity contribution in [3.05, 3.63) is 23.8 Å². The Bertz CT molecular complexity index is 671. The Labute approximate surface area is 200 Å². The third kappa shape index (κ3) is 16.0. The zero-order chi connectivity index (χ0) is 25.4. The Morgan fingerprint density at radius 3 is 2.15 bits per heavy atom. The first kappa shape index (κ1) is 31.7. The Morgan fingerprint density at radius 2 is 1.61 bits per heavy atom. The Kier molecular flexibility index (Phi) is 16.5. The number of alkyl halides is 3. The molecule has 1 aromatic carbocycles. The van der Waals surface area contributed by atoms with Crippen LogP contribution in [0.1, 0.15) is 57.9 Å². The molecule has 0 aromatic heterocycles. The van der Waals surface area contributed by atoms with Crippen molar-refractivity contribution in [3.8, 4) is 11.5 Å². The van der Waals surface area contributed by atoms with E-state index in [1.54, 1.807) is 12.5 Å². The largest absolute Gasteiger partial charge is 0.617 e. The van der Waals surface area contributed by atoms with Gasteiger partial charge in [0.25, 0.3) is 0 Å². The number of unbranched alkanes of at least 4 members (excludes halogenated alkanes) is 5. The van der Waals surface area contributed by atoms with Gasteiger partial charge in [-0.1, -0.05) is 61.0 Å². The lowest BCUT2D eigenvalue weighted by atomic mass is 10.1. The fraction of sp³-hybridized carbons (Fsp3) is 0.682. The van der Waals surface area contributed by atoms with E-state index < -0.39 is 34.5 Å². The molecule has 1 aliphatic rings. The standard InChI is InChI=1S/C18H28O3S.C2HF3O2.C2H6OS/c1-3-4-5-6-7-8-11-22(19)15(2)12-16-9-10-17-18(13-16)21-14-20-17;3-2(4,5)1(6)7;1-4(2)3/h9-10,13,15H,3-8,11-12,14H2,1-2H3;(H,6,7);1-2H3. The van der Waals surface area contributed by atoms with Crippen LogP contribution in [0.3, 0.4) is 0 Å². The van der Waals surface area contributed by atoms with Gasteiger partial charge in [0.05, 0.1) is 12.5 Å². The van der Waals surface area contributed by atoms with Crippen molar-refractivity contribution in [3.63, 3.8) is 0 Å². The minimum absolute atomic E-state index is 0.191. The maximum Gasteiger partial charge on any atom is 0.490 e. The molecule has 33 heavy (non-hydrogen) atoms. The Morgan fingerprint density at radius 1 is 1.09 bits per heavy atom. The van der Waals surface area contributed by atoms with Crippen LogP contribution >= 0.6 is 0 Å². The van der Waals surface area contributed by atoms with E-state index >= 15 is 0 Å². The molecule has 1 heterocycles. The molecule has 11 heteroatoms. The van der Waals surface area contributed by atoms with E-state index in [-0.39, 0.29) is 5.25 Å². The molecule has 2 unspecified atom stereocenters. The number of benzene rings is 1. The summed E-state index contributed by atoms with van der Waals surface area (Å²) in [6, 6.07) is 6.01. The van der Waals surface area contributed by atoms with E-state index in [1.807, 2.05) is 18.2 Å². The molecular formula is C22H35F3O6S2. The highest BCUT2D eigenvalue weighted by Crippen LogP contribution is 2.33. The lowest BCUT2D eigenvalue weighted by molar-refractivity contribution is -0.192. The molecule has 0 spiro atoms. The third-order valence-corrected chi connectivity index (χ3v) is 6.11. The van der Waals surface area contributed by atoms with E-state index in [2.05, 4.69) is 13.8 Å². The molecule has 2 rings (SSSR count). The second kappa shape index (κ2) is 17.2. The van der Waals surface area contributed by atoms with Crippen LogP contribution in [0.4, 0.5) is 13.2 Å². The van der Waals surface area contributed by atoms with E-state index in [0.717, 1.165) is 30.1 Å². The number of carbonyl (C=O) groups is 1. The quantitative estimate of drug-likeness (QED) is 0.344. The number of rotatable bonds is 10. The van der Waals surface area contributed by atoms with Gasteiger partial charge < -0.3 is 23.7 Å². The Balaban J connectivity index is 0.000000776. The van der Waals surface area contributed by atoms with Crippen LogP contribution in [-0.2, 0) is 33.6 Å². The number of carboxylic acid groups (broad SMARTS) is 1. The normalized spacial score (nSPS) is 14.0. The maximum atomic E-state index is 12.3. The summed E-state index contributed by atoms with van der Waals surface area (Å²) in [5, 5.41) is 7.32. The van der Waals surface area contributed by atoms with Crippen LogP contribution in [0.15, 0.2) is 18.2 Å². The summed E-state index contributed by atoms with van der Waals surface area (Å²) in [7, 11) is 0. The second-order valence-corrected chi connectivity index (χ2v) is 11.1. The molecule has 0 saturated heterocycles. The van der Waals surface area contributed by atoms with Gasteiger partial charge >= 0.3 is 12.1 Å². The summed E-state index contributed by atoms with van der Waals surface area (Å²) in [6.07, 6.45) is 6.52. The summed E-state index contributed by atoms with van der Waals surface area (Å²) >= 11 is -1.35. The predicted molar refractivity (Wildman–Crippen MR) is 126 cm³/mol. The van der Waals surface area contributed by atoms with Crippen molar-refractivity contribution in [2.75, 3.05) is 25.1 Å². The molecule has 2 atom stereocenters. The van der Waals surface area contributed by atoms with E-state index in [1.165, 1.54) is 37.7 Å². The van der Waals surface area contributed by atoms with E-state index in [4.69, 9.17) is 19.4 Å². The molecule has 1 aliphatic heterocycles. The summed E-state index contributed by atoms with van der Waals surface area (Å²) in [6.45, 7) is 4.61. The summed E-state index contributed by atoms with van der Waals surface area (Å²) in [5.74, 6) is -0.304. The molecule has 0 fully saturated rings. The zero-order valence-electron chi connectivity index (χ0n) is 19.6. The van der Waals surface area contributed by atoms with Gasteiger partial charge in [-0.2, -0.15) is 13.2 Å². The fourth-order valence-electron chi connectivity index (χ4n) is 2.72. The number of hydrogen-bond acceptors (Lipinski definition) is 5. The monoisotopic (exact) mass is 516 g/mol. The number of ether oxygens (including phenoxy) is 2. The van der Waals surface area contributed by atoms with Crippen molar-refractivity contribution in [1.82, 2.24) is 0 Å². The first-order chi connectivity index (χ1) is 15.4. The molecule has 0 amide bonds. The van der Waals surface area contributed by atoms with Gasteiger partial charge in [0, 0.05) is 6.42 Å². The fourth-order valence-corrected chi connectivity index (χ4v) is 3.99. The molecule has 0 saturated carbocycles. The van der Waals surface area contributed by atoms with Gasteiger partial charge in [-0.05, 0) is 37.5 Å². The van der Waals surface area contributed by atoms with Gasteiger partial charge in [0.1, 0.15) is 11.0 Å². The van der Waals surface area contributed by atoms with Crippen LogP contribution < -0.4 is 9.47 Å². The van der Waals surface area contributed by atoms with Gasteiger partial charge in [-0.25, -0.2) is 4.79 Å². The molecule has 192 valence electrons. The molecule has 1 aromatic rings. The molecule has 0 radical (unpaired) electrons. The molecule has 0 aliphatic carbocycles. The maximum absolute atomic E-state index is 12.3. The van der Waals surface area contributed by atoms with Gasteiger partial charge in [0.2, 0.25) is 6.79 Å². The first-order valence-electron chi connectivity index (χ1n) is 10.7. The van der Waals surface area contributed by atoms with Gasteiger partial charge in [-0.15, -0.1) is 0 Å². The number of fused-ring (bicyclic) bond motifs is 1. The first-order valence-corrected chi connectivity index (χ1v) is 14.0. The second-order valence-electron chi connectivity index (χ2n) is 7.60. The zero-order valence-corrected chi connectivity index (χ0v) is 21.2. The average Bonchev–Trinajstić information content (AvgIpc) is 3.17. The molecule has 0 bridgehead atoms. The van der Waals surface area contributed by atoms with Crippen LogP contribution in [-0.4, -0.2) is 56.7 Å². The number of carboxylic acids is 1. The highest BCUT2D eigenvalue weighted by molar-refractivity contribution is 7.92. The van der Waals surface area contributed by atoms with E-state index in [9.17, 15) is 22.3 Å². The van der Waals surface area contributed by atoms with Crippen LogP contribution in [0.2, 0.25) is 0 Å². The molecular weight excluding hydrogens is 481 g/mol. The topological polar surface area (TPSA) is 102 Å². The minimum Gasteiger partial charge on any atom is -0.617 e. The Hall–Kier alpha value is -1.30. The van der Waals surface area contributed by atoms with Gasteiger partial charge in [0.15, 0.2) is 11.5 Å². The van der Waals surface area contributed by atoms with Gasteiger partial charge in [-0.3, -0.25) is 0 Å². The SMILES string of the molecule is CCCCCCCC[S+]([O-])C(C)Cc1ccc2c(c1)OCO2.C[S+](C)[O-].O=C(O)C(F)(F)F. The number of aliphatic carboxylic acids is 1. The van der Waals surface area contributed by atoms with Crippen molar-refractivity contribution in [2.45, 2.75) is 70.2 Å². The summed E-state index contributed by atoms with van der Waals surface area (Å²) < 4.78 is 64.3.